The van der Waals surface area contributed by atoms with Gasteiger partial charge in [0.2, 0.25) is 0 Å². The molecule has 0 aromatic rings. The number of phosphoric acid groups is 1. The van der Waals surface area contributed by atoms with Gasteiger partial charge >= 0.3 is 19.8 Å². The molecule has 0 radical (unpaired) electrons. The molecule has 0 heterocycles. The Balaban J connectivity index is 3.95. The summed E-state index contributed by atoms with van der Waals surface area (Å²) >= 11 is 0. The molecule has 0 spiro atoms. The molecule has 0 rings (SSSR count). The molecule has 2 atom stereocenters. The van der Waals surface area contributed by atoms with Crippen LogP contribution < -0.4 is 0 Å². The number of esters is 2. The van der Waals surface area contributed by atoms with Crippen molar-refractivity contribution in [2.75, 3.05) is 47.5 Å². The normalized spacial score (nSPS) is 13.6. The Morgan fingerprint density at radius 3 is 1.02 bits per heavy atom. The lowest BCUT2D eigenvalue weighted by Gasteiger charge is -2.24. The largest absolute Gasteiger partial charge is 0.472 e. The molecule has 0 fully saturated rings. The van der Waals surface area contributed by atoms with Gasteiger partial charge in [-0.1, -0.05) is 324 Å². The Hall–Kier alpha value is -2.55. The highest BCUT2D eigenvalue weighted by atomic mass is 31.2. The van der Waals surface area contributed by atoms with E-state index in [1.807, 2.05) is 21.1 Å². The summed E-state index contributed by atoms with van der Waals surface area (Å²) in [6, 6.07) is 0. The summed E-state index contributed by atoms with van der Waals surface area (Å²) in [5.74, 6) is -0.779. The summed E-state index contributed by atoms with van der Waals surface area (Å²) in [4.78, 5) is 35.8. The molecule has 10 heteroatoms. The summed E-state index contributed by atoms with van der Waals surface area (Å²) in [6.07, 6.45) is 85.8. The third kappa shape index (κ3) is 68.4. The van der Waals surface area contributed by atoms with Crippen LogP contribution in [0.15, 0.2) is 72.9 Å². The SMILES string of the molecule is CC/C=C\C/C=C\C/C=C\C/C=C\C/C=C\C/C=C\CCCCCCCCCCCCCCCCCCCCCCC(=O)OC(COC(=O)CCCCCCCCCCCCCCCCCCCCCC)COP(=O)(O)OCC[N+](C)(C)C. The Morgan fingerprint density at radius 1 is 0.386 bits per heavy atom. The fourth-order valence-corrected chi connectivity index (χ4v) is 10.9. The maximum absolute atomic E-state index is 12.9. The Bertz CT molecular complexity index is 1630. The Kier molecular flexibility index (Phi) is 62.0. The van der Waals surface area contributed by atoms with E-state index in [-0.39, 0.29) is 25.6 Å². The van der Waals surface area contributed by atoms with Crippen LogP contribution in [0.25, 0.3) is 0 Å². The highest BCUT2D eigenvalue weighted by molar-refractivity contribution is 7.47. The summed E-state index contributed by atoms with van der Waals surface area (Å²) in [7, 11) is 1.49. The molecular weight excluding hydrogens is 1050 g/mol. The van der Waals surface area contributed by atoms with Crippen LogP contribution in [-0.4, -0.2) is 74.9 Å². The van der Waals surface area contributed by atoms with Gasteiger partial charge in [-0.3, -0.25) is 18.6 Å². The standard InChI is InChI=1S/C73H134NO8P/c1-6-8-10-12-14-16-18-20-22-24-26-28-29-30-31-32-33-34-35-36-37-38-39-40-41-42-43-44-45-46-48-50-52-54-56-58-60-62-64-66-73(76)82-71(70-81-83(77,78)80-68-67-74(3,4)5)69-79-72(75)65-63-61-59-57-55-53-51-49-47-27-25-23-21-19-17-15-13-11-9-7-2/h8,10,14,16,20,22,26,28,30-31,33-34,71H,6-7,9,11-13,15,17-19,21,23-25,27,29,32,35-70H2,1-5H3/p+1/b10-8-,16-14-,22-20-,28-26-,31-30-,34-33-. The molecule has 0 saturated carbocycles. The van der Waals surface area contributed by atoms with Gasteiger partial charge in [-0.2, -0.15) is 0 Å². The molecule has 1 N–H and O–H groups in total. The molecule has 484 valence electrons. The topological polar surface area (TPSA) is 108 Å². The summed E-state index contributed by atoms with van der Waals surface area (Å²) in [6.45, 7) is 4.37. The van der Waals surface area contributed by atoms with Crippen molar-refractivity contribution in [2.24, 2.45) is 0 Å². The molecule has 0 aromatic heterocycles. The fraction of sp³-hybridized carbons (Fsp3) is 0.808. The van der Waals surface area contributed by atoms with Gasteiger partial charge in [0, 0.05) is 12.8 Å². The molecule has 0 aromatic carbocycles. The molecule has 0 amide bonds. The van der Waals surface area contributed by atoms with Crippen molar-refractivity contribution in [3.05, 3.63) is 72.9 Å². The van der Waals surface area contributed by atoms with Gasteiger partial charge in [0.1, 0.15) is 19.8 Å². The summed E-state index contributed by atoms with van der Waals surface area (Å²) < 4.78 is 34.7. The second-order valence-corrected chi connectivity index (χ2v) is 26.4. The lowest BCUT2D eigenvalue weighted by atomic mass is 10.0. The van der Waals surface area contributed by atoms with Crippen LogP contribution in [0.1, 0.15) is 328 Å². The zero-order valence-corrected chi connectivity index (χ0v) is 56.1. The van der Waals surface area contributed by atoms with Gasteiger partial charge in [-0.05, 0) is 64.2 Å². The van der Waals surface area contributed by atoms with E-state index >= 15 is 0 Å². The van der Waals surface area contributed by atoms with Crippen LogP contribution in [-0.2, 0) is 32.7 Å². The maximum Gasteiger partial charge on any atom is 0.472 e. The van der Waals surface area contributed by atoms with Crippen LogP contribution in [0.5, 0.6) is 0 Å². The number of carbonyl (C=O) groups excluding carboxylic acids is 2. The molecule has 0 saturated heterocycles. The minimum absolute atomic E-state index is 0.0335. The first kappa shape index (κ1) is 80.5. The first-order valence-electron chi connectivity index (χ1n) is 35.2. The number of phosphoric ester groups is 1. The molecule has 0 aliphatic carbocycles. The first-order valence-corrected chi connectivity index (χ1v) is 36.7. The summed E-state index contributed by atoms with van der Waals surface area (Å²) in [5, 5.41) is 0. The Labute approximate surface area is 514 Å². The van der Waals surface area contributed by atoms with Crippen LogP contribution in [0, 0.1) is 0 Å². The minimum Gasteiger partial charge on any atom is -0.462 e. The first-order chi connectivity index (χ1) is 40.5. The Morgan fingerprint density at radius 2 is 0.687 bits per heavy atom. The molecule has 0 aliphatic rings. The predicted octanol–water partition coefficient (Wildman–Crippen LogP) is 22.8. The average molecular weight is 1190 g/mol. The highest BCUT2D eigenvalue weighted by Gasteiger charge is 2.27. The van der Waals surface area contributed by atoms with Crippen molar-refractivity contribution in [3.8, 4) is 0 Å². The zero-order chi connectivity index (χ0) is 60.5. The van der Waals surface area contributed by atoms with Crippen LogP contribution in [0.3, 0.4) is 0 Å². The molecule has 0 aliphatic heterocycles. The molecular formula is C73H135NO8P+. The smallest absolute Gasteiger partial charge is 0.462 e. The number of allylic oxidation sites excluding steroid dienone is 12. The van der Waals surface area contributed by atoms with E-state index in [0.29, 0.717) is 23.9 Å². The highest BCUT2D eigenvalue weighted by Crippen LogP contribution is 2.43. The van der Waals surface area contributed by atoms with Crippen molar-refractivity contribution in [3.63, 3.8) is 0 Å². The van der Waals surface area contributed by atoms with Gasteiger partial charge in [-0.25, -0.2) is 4.57 Å². The van der Waals surface area contributed by atoms with Crippen molar-refractivity contribution < 1.29 is 42.1 Å². The van der Waals surface area contributed by atoms with Gasteiger partial charge in [0.15, 0.2) is 6.10 Å². The number of unbranched alkanes of at least 4 members (excludes halogenated alkanes) is 39. The number of ether oxygens (including phenoxy) is 2. The zero-order valence-electron chi connectivity index (χ0n) is 55.2. The maximum atomic E-state index is 12.9. The summed E-state index contributed by atoms with van der Waals surface area (Å²) in [5.41, 5.74) is 0. The van der Waals surface area contributed by atoms with Gasteiger partial charge in [0.25, 0.3) is 0 Å². The van der Waals surface area contributed by atoms with E-state index in [2.05, 4.69) is 86.8 Å². The van der Waals surface area contributed by atoms with Crippen molar-refractivity contribution in [1.82, 2.24) is 0 Å². The number of hydrogen-bond acceptors (Lipinski definition) is 7. The lowest BCUT2D eigenvalue weighted by molar-refractivity contribution is -0.870. The molecule has 83 heavy (non-hydrogen) atoms. The van der Waals surface area contributed by atoms with Crippen LogP contribution in [0.2, 0.25) is 0 Å². The monoisotopic (exact) mass is 1180 g/mol. The van der Waals surface area contributed by atoms with E-state index in [9.17, 15) is 19.0 Å². The number of carbonyl (C=O) groups is 2. The number of hydrogen-bond donors (Lipinski definition) is 1. The van der Waals surface area contributed by atoms with Crippen LogP contribution in [0.4, 0.5) is 0 Å². The average Bonchev–Trinajstić information content (AvgIpc) is 3.48. The van der Waals surface area contributed by atoms with Gasteiger partial charge in [0.05, 0.1) is 27.7 Å². The lowest BCUT2D eigenvalue weighted by Crippen LogP contribution is -2.37. The van der Waals surface area contributed by atoms with E-state index in [4.69, 9.17) is 18.5 Å². The molecule has 2 unspecified atom stereocenters. The fourth-order valence-electron chi connectivity index (χ4n) is 10.1. The van der Waals surface area contributed by atoms with Crippen LogP contribution >= 0.6 is 7.82 Å². The molecule has 9 nitrogen and oxygen atoms in total. The number of likely N-dealkylation sites (N-methyl/N-ethyl adjacent to an activating group) is 1. The van der Waals surface area contributed by atoms with E-state index in [1.165, 1.54) is 225 Å². The third-order valence-corrected chi connectivity index (χ3v) is 16.5. The quantitative estimate of drug-likeness (QED) is 0.0211. The van der Waals surface area contributed by atoms with Crippen molar-refractivity contribution in [2.45, 2.75) is 335 Å². The van der Waals surface area contributed by atoms with Crippen molar-refractivity contribution >= 4 is 19.8 Å². The van der Waals surface area contributed by atoms with E-state index in [1.54, 1.807) is 0 Å². The second-order valence-electron chi connectivity index (χ2n) is 24.9. The number of quaternary nitrogens is 1. The van der Waals surface area contributed by atoms with E-state index in [0.717, 1.165) is 70.6 Å². The number of rotatable bonds is 65. The molecule has 0 bridgehead atoms. The van der Waals surface area contributed by atoms with Gasteiger partial charge in [-0.15, -0.1) is 0 Å². The number of nitrogens with zero attached hydrogens (tertiary/aromatic N) is 1. The predicted molar refractivity (Wildman–Crippen MR) is 358 cm³/mol. The van der Waals surface area contributed by atoms with Crippen molar-refractivity contribution in [1.29, 1.82) is 0 Å². The van der Waals surface area contributed by atoms with Gasteiger partial charge < -0.3 is 18.9 Å². The third-order valence-electron chi connectivity index (χ3n) is 15.5. The minimum atomic E-state index is -4.39. The second kappa shape index (κ2) is 63.9. The van der Waals surface area contributed by atoms with E-state index < -0.39 is 26.5 Å².